The second kappa shape index (κ2) is 10.5. The van der Waals surface area contributed by atoms with E-state index in [-0.39, 0.29) is 18.5 Å². The van der Waals surface area contributed by atoms with Crippen LogP contribution in [-0.4, -0.2) is 33.7 Å². The molecule has 1 amide bonds. The Balaban J connectivity index is 2.17. The summed E-state index contributed by atoms with van der Waals surface area (Å²) in [7, 11) is -3.63. The van der Waals surface area contributed by atoms with Crippen molar-refractivity contribution in [2.45, 2.75) is 46.6 Å². The Labute approximate surface area is 180 Å². The first kappa shape index (κ1) is 23.7. The smallest absolute Gasteiger partial charge is 0.241 e. The Bertz CT molecular complexity index is 956. The number of amides is 1. The molecule has 1 unspecified atom stereocenters. The maximum Gasteiger partial charge on any atom is 0.241 e. The fraction of sp³-hybridized carbons (Fsp3) is 0.435. The van der Waals surface area contributed by atoms with Crippen LogP contribution in [0.15, 0.2) is 42.5 Å². The van der Waals surface area contributed by atoms with Gasteiger partial charge in [0.15, 0.2) is 0 Å². The molecule has 2 aromatic rings. The number of hydrogen-bond donors (Lipinski definition) is 1. The van der Waals surface area contributed by atoms with Crippen LogP contribution in [-0.2, 0) is 14.8 Å². The van der Waals surface area contributed by atoms with Crippen molar-refractivity contribution in [1.29, 1.82) is 0 Å². The Morgan fingerprint density at radius 3 is 2.30 bits per heavy atom. The number of nitrogens with zero attached hydrogens (tertiary/aromatic N) is 1. The number of rotatable bonds is 10. The first-order valence-electron chi connectivity index (χ1n) is 10.2. The van der Waals surface area contributed by atoms with Gasteiger partial charge < -0.3 is 10.1 Å². The number of carbonyl (C=O) groups excluding carboxylic acids is 1. The maximum absolute atomic E-state index is 12.8. The molecule has 0 aliphatic heterocycles. The predicted molar refractivity (Wildman–Crippen MR) is 122 cm³/mol. The Kier molecular flexibility index (Phi) is 8.29. The van der Waals surface area contributed by atoms with Gasteiger partial charge in [-0.05, 0) is 62.1 Å². The van der Waals surface area contributed by atoms with Crippen LogP contribution in [0.5, 0.6) is 5.75 Å². The summed E-state index contributed by atoms with van der Waals surface area (Å²) < 4.78 is 31.4. The topological polar surface area (TPSA) is 75.7 Å². The molecular formula is C23H32N2O4S. The van der Waals surface area contributed by atoms with Crippen molar-refractivity contribution in [1.82, 2.24) is 5.32 Å². The van der Waals surface area contributed by atoms with E-state index in [4.69, 9.17) is 4.74 Å². The molecule has 7 heteroatoms. The van der Waals surface area contributed by atoms with Gasteiger partial charge in [0.2, 0.25) is 15.9 Å². The van der Waals surface area contributed by atoms with Crippen molar-refractivity contribution < 1.29 is 17.9 Å². The summed E-state index contributed by atoms with van der Waals surface area (Å²) in [6, 6.07) is 12.7. The first-order valence-corrected chi connectivity index (χ1v) is 12.1. The molecule has 0 fully saturated rings. The van der Waals surface area contributed by atoms with Gasteiger partial charge in [0, 0.05) is 0 Å². The van der Waals surface area contributed by atoms with Gasteiger partial charge in [0.25, 0.3) is 0 Å². The molecule has 0 saturated carbocycles. The van der Waals surface area contributed by atoms with E-state index in [0.717, 1.165) is 33.7 Å². The third-order valence-electron chi connectivity index (χ3n) is 4.83. The third kappa shape index (κ3) is 6.49. The highest BCUT2D eigenvalue weighted by Gasteiger charge is 2.23. The minimum absolute atomic E-state index is 0.177. The van der Waals surface area contributed by atoms with Crippen molar-refractivity contribution in [2.24, 2.45) is 0 Å². The molecule has 0 saturated heterocycles. The van der Waals surface area contributed by atoms with Gasteiger partial charge in [0.1, 0.15) is 12.3 Å². The van der Waals surface area contributed by atoms with E-state index in [9.17, 15) is 13.2 Å². The van der Waals surface area contributed by atoms with Crippen molar-refractivity contribution >= 4 is 21.6 Å². The quantitative estimate of drug-likeness (QED) is 0.613. The Hall–Kier alpha value is -2.54. The van der Waals surface area contributed by atoms with E-state index in [1.54, 1.807) is 24.3 Å². The van der Waals surface area contributed by atoms with Gasteiger partial charge in [-0.3, -0.25) is 9.10 Å². The molecule has 1 N–H and O–H groups in total. The zero-order valence-electron chi connectivity index (χ0n) is 18.4. The molecule has 2 aromatic carbocycles. The summed E-state index contributed by atoms with van der Waals surface area (Å²) in [5.41, 5.74) is 3.73. The van der Waals surface area contributed by atoms with E-state index in [1.807, 2.05) is 39.8 Å². The van der Waals surface area contributed by atoms with Crippen LogP contribution in [0, 0.1) is 13.8 Å². The molecular weight excluding hydrogens is 400 g/mol. The van der Waals surface area contributed by atoms with E-state index < -0.39 is 10.0 Å². The highest BCUT2D eigenvalue weighted by atomic mass is 32.2. The van der Waals surface area contributed by atoms with Crippen LogP contribution in [0.2, 0.25) is 0 Å². The second-order valence-corrected chi connectivity index (χ2v) is 9.41. The van der Waals surface area contributed by atoms with Crippen LogP contribution >= 0.6 is 0 Å². The standard InChI is InChI=1S/C23H32N2O4S/c1-6-14-29-20-11-9-19(10-12-20)25(30(5,27)28)16-23(26)24-22(7-2)21-13-8-17(3)15-18(21)4/h8-13,15,22H,6-7,14,16H2,1-5H3,(H,24,26). The first-order chi connectivity index (χ1) is 14.2. The maximum atomic E-state index is 12.8. The highest BCUT2D eigenvalue weighted by molar-refractivity contribution is 7.92. The molecule has 2 rings (SSSR count). The van der Waals surface area contributed by atoms with Gasteiger partial charge in [-0.1, -0.05) is 37.6 Å². The summed E-state index contributed by atoms with van der Waals surface area (Å²) in [4.78, 5) is 12.8. The number of hydrogen-bond acceptors (Lipinski definition) is 4. The summed E-state index contributed by atoms with van der Waals surface area (Å²) in [6.07, 6.45) is 2.69. The number of aryl methyl sites for hydroxylation is 2. The second-order valence-electron chi connectivity index (χ2n) is 7.50. The van der Waals surface area contributed by atoms with Gasteiger partial charge in [-0.15, -0.1) is 0 Å². The van der Waals surface area contributed by atoms with Crippen LogP contribution < -0.4 is 14.4 Å². The van der Waals surface area contributed by atoms with Crippen molar-refractivity contribution in [3.8, 4) is 5.75 Å². The number of sulfonamides is 1. The summed E-state index contributed by atoms with van der Waals surface area (Å²) >= 11 is 0. The van der Waals surface area contributed by atoms with E-state index in [2.05, 4.69) is 11.4 Å². The molecule has 164 valence electrons. The zero-order chi connectivity index (χ0) is 22.3. The van der Waals surface area contributed by atoms with E-state index in [0.29, 0.717) is 24.5 Å². The molecule has 0 aliphatic rings. The number of benzene rings is 2. The number of nitrogens with one attached hydrogen (secondary N) is 1. The molecule has 0 aliphatic carbocycles. The Morgan fingerprint density at radius 1 is 1.10 bits per heavy atom. The van der Waals surface area contributed by atoms with Crippen molar-refractivity contribution in [3.05, 3.63) is 59.2 Å². The molecule has 0 bridgehead atoms. The van der Waals surface area contributed by atoms with E-state index in [1.165, 1.54) is 0 Å². The molecule has 0 radical (unpaired) electrons. The fourth-order valence-electron chi connectivity index (χ4n) is 3.32. The van der Waals surface area contributed by atoms with Gasteiger partial charge in [-0.25, -0.2) is 8.42 Å². The SMILES string of the molecule is CCCOc1ccc(N(CC(=O)NC(CC)c2ccc(C)cc2C)S(C)(=O)=O)cc1. The summed E-state index contributed by atoms with van der Waals surface area (Å²) in [5.74, 6) is 0.318. The average molecular weight is 433 g/mol. The highest BCUT2D eigenvalue weighted by Crippen LogP contribution is 2.24. The zero-order valence-corrected chi connectivity index (χ0v) is 19.3. The molecule has 0 aromatic heterocycles. The lowest BCUT2D eigenvalue weighted by atomic mass is 9.97. The summed E-state index contributed by atoms with van der Waals surface area (Å²) in [5, 5.41) is 2.99. The van der Waals surface area contributed by atoms with Crippen LogP contribution in [0.4, 0.5) is 5.69 Å². The Morgan fingerprint density at radius 2 is 1.77 bits per heavy atom. The van der Waals surface area contributed by atoms with Crippen molar-refractivity contribution in [2.75, 3.05) is 23.7 Å². The third-order valence-corrected chi connectivity index (χ3v) is 5.97. The lowest BCUT2D eigenvalue weighted by molar-refractivity contribution is -0.120. The lowest BCUT2D eigenvalue weighted by Gasteiger charge is -2.25. The molecule has 0 spiro atoms. The molecule has 0 heterocycles. The number of ether oxygens (including phenoxy) is 1. The normalized spacial score (nSPS) is 12.3. The molecule has 6 nitrogen and oxygen atoms in total. The molecule has 1 atom stereocenters. The number of anilines is 1. The van der Waals surface area contributed by atoms with Gasteiger partial charge in [-0.2, -0.15) is 0 Å². The monoisotopic (exact) mass is 432 g/mol. The van der Waals surface area contributed by atoms with E-state index >= 15 is 0 Å². The van der Waals surface area contributed by atoms with Gasteiger partial charge >= 0.3 is 0 Å². The fourth-order valence-corrected chi connectivity index (χ4v) is 4.17. The van der Waals surface area contributed by atoms with Crippen molar-refractivity contribution in [3.63, 3.8) is 0 Å². The summed E-state index contributed by atoms with van der Waals surface area (Å²) in [6.45, 7) is 8.36. The predicted octanol–water partition coefficient (Wildman–Crippen LogP) is 4.13. The van der Waals surface area contributed by atoms with Crippen LogP contribution in [0.3, 0.4) is 0 Å². The van der Waals surface area contributed by atoms with Crippen LogP contribution in [0.1, 0.15) is 49.4 Å². The average Bonchev–Trinajstić information content (AvgIpc) is 2.69. The number of carbonyl (C=O) groups is 1. The minimum Gasteiger partial charge on any atom is -0.494 e. The lowest BCUT2D eigenvalue weighted by Crippen LogP contribution is -2.41. The molecule has 30 heavy (non-hydrogen) atoms. The minimum atomic E-state index is -3.63. The largest absolute Gasteiger partial charge is 0.494 e. The van der Waals surface area contributed by atoms with Crippen LogP contribution in [0.25, 0.3) is 0 Å². The van der Waals surface area contributed by atoms with Gasteiger partial charge in [0.05, 0.1) is 24.6 Å².